The molecule has 2 aromatic carbocycles. The fraction of sp³-hybridized carbons (Fsp3) is 0.481. The molecule has 2 aromatic rings. The molecular formula is C27H33ClF3N3O5S. The van der Waals surface area contributed by atoms with Crippen LogP contribution in [-0.2, 0) is 32.3 Å². The Hall–Kier alpha value is -2.99. The normalized spacial score (nSPS) is 15.3. The van der Waals surface area contributed by atoms with E-state index >= 15 is 0 Å². The average molecular weight is 604 g/mol. The van der Waals surface area contributed by atoms with Gasteiger partial charge in [0, 0.05) is 12.6 Å². The van der Waals surface area contributed by atoms with Gasteiger partial charge in [-0.1, -0.05) is 43.0 Å². The third-order valence-corrected chi connectivity index (χ3v) is 8.30. The lowest BCUT2D eigenvalue weighted by Gasteiger charge is -2.33. The lowest BCUT2D eigenvalue weighted by atomic mass is 9.95. The zero-order valence-corrected chi connectivity index (χ0v) is 24.1. The molecule has 2 amide bonds. The van der Waals surface area contributed by atoms with Crippen molar-refractivity contribution in [2.24, 2.45) is 0 Å². The second-order valence-corrected chi connectivity index (χ2v) is 12.1. The van der Waals surface area contributed by atoms with Gasteiger partial charge in [-0.05, 0) is 55.7 Å². The first-order valence-corrected chi connectivity index (χ1v) is 15.0. The summed E-state index contributed by atoms with van der Waals surface area (Å²) >= 11 is 6.12. The smallest absolute Gasteiger partial charge is 0.416 e. The number of nitrogens with one attached hydrogen (secondary N) is 1. The van der Waals surface area contributed by atoms with E-state index in [1.165, 1.54) is 18.9 Å². The topological polar surface area (TPSA) is 96.0 Å². The molecule has 1 unspecified atom stereocenters. The molecule has 1 fully saturated rings. The van der Waals surface area contributed by atoms with Gasteiger partial charge in [0.25, 0.3) is 0 Å². The number of hydrogen-bond donors (Lipinski definition) is 1. The Morgan fingerprint density at radius 3 is 2.27 bits per heavy atom. The molecule has 3 rings (SSSR count). The maximum Gasteiger partial charge on any atom is 0.416 e. The number of sulfonamides is 1. The number of carbonyl (C=O) groups is 2. The zero-order chi connectivity index (χ0) is 29.7. The monoisotopic (exact) mass is 603 g/mol. The van der Waals surface area contributed by atoms with E-state index in [1.807, 2.05) is 0 Å². The molecule has 1 aliphatic carbocycles. The number of benzene rings is 2. The van der Waals surface area contributed by atoms with Gasteiger partial charge in [-0.15, -0.1) is 0 Å². The van der Waals surface area contributed by atoms with Gasteiger partial charge in [-0.2, -0.15) is 13.2 Å². The van der Waals surface area contributed by atoms with Crippen LogP contribution in [0.15, 0.2) is 42.5 Å². The van der Waals surface area contributed by atoms with Crippen molar-refractivity contribution in [3.05, 3.63) is 58.6 Å². The summed E-state index contributed by atoms with van der Waals surface area (Å²) in [4.78, 5) is 28.1. The van der Waals surface area contributed by atoms with Crippen molar-refractivity contribution in [3.8, 4) is 5.75 Å². The molecule has 40 heavy (non-hydrogen) atoms. The van der Waals surface area contributed by atoms with Crippen molar-refractivity contribution in [2.75, 3.05) is 24.2 Å². The SMILES string of the molecule is COc1ccc(CN(C(=O)CN(c2cc(C(F)(F)F)ccc2Cl)S(C)(=O)=O)C(C)C(=O)NC2CCCCC2)cc1. The van der Waals surface area contributed by atoms with Gasteiger partial charge >= 0.3 is 6.18 Å². The van der Waals surface area contributed by atoms with Crippen molar-refractivity contribution >= 4 is 39.1 Å². The van der Waals surface area contributed by atoms with Crippen molar-refractivity contribution in [3.63, 3.8) is 0 Å². The number of methoxy groups -OCH3 is 1. The Morgan fingerprint density at radius 2 is 1.73 bits per heavy atom. The van der Waals surface area contributed by atoms with Crippen molar-refractivity contribution in [1.29, 1.82) is 0 Å². The standard InChI is InChI=1S/C27H33ClF3N3O5S/c1-18(26(36)32-21-7-5-4-6-8-21)33(16-19-9-12-22(39-2)13-10-19)25(35)17-34(40(3,37)38)24-15-20(27(29,30)31)11-14-23(24)28/h9-15,18,21H,4-8,16-17H2,1-3H3,(H,32,36). The zero-order valence-electron chi connectivity index (χ0n) is 22.5. The average Bonchev–Trinajstić information content (AvgIpc) is 2.90. The van der Waals surface area contributed by atoms with Crippen LogP contribution in [0.25, 0.3) is 0 Å². The first kappa shape index (κ1) is 31.5. The van der Waals surface area contributed by atoms with Gasteiger partial charge in [0.15, 0.2) is 0 Å². The highest BCUT2D eigenvalue weighted by Gasteiger charge is 2.35. The molecule has 1 saturated carbocycles. The van der Waals surface area contributed by atoms with E-state index < -0.39 is 51.9 Å². The lowest BCUT2D eigenvalue weighted by Crippen LogP contribution is -2.53. The van der Waals surface area contributed by atoms with Crippen LogP contribution < -0.4 is 14.4 Å². The van der Waals surface area contributed by atoms with Crippen LogP contribution >= 0.6 is 11.6 Å². The number of ether oxygens (including phenoxy) is 1. The number of anilines is 1. The molecule has 0 heterocycles. The molecule has 0 saturated heterocycles. The van der Waals surface area contributed by atoms with Gasteiger partial charge in [-0.3, -0.25) is 13.9 Å². The highest BCUT2D eigenvalue weighted by Crippen LogP contribution is 2.36. The third kappa shape index (κ3) is 8.26. The predicted octanol–water partition coefficient (Wildman–Crippen LogP) is 5.00. The Balaban J connectivity index is 1.94. The van der Waals surface area contributed by atoms with Gasteiger partial charge in [0.05, 0.1) is 29.6 Å². The van der Waals surface area contributed by atoms with Crippen LogP contribution in [0.3, 0.4) is 0 Å². The van der Waals surface area contributed by atoms with Gasteiger partial charge in [-0.25, -0.2) is 8.42 Å². The summed E-state index contributed by atoms with van der Waals surface area (Å²) in [5, 5.41) is 2.69. The van der Waals surface area contributed by atoms with Gasteiger partial charge in [0.1, 0.15) is 18.3 Å². The number of hydrogen-bond acceptors (Lipinski definition) is 5. The van der Waals surface area contributed by atoms with Crippen LogP contribution in [0.1, 0.15) is 50.2 Å². The first-order valence-electron chi connectivity index (χ1n) is 12.8. The fourth-order valence-corrected chi connectivity index (χ4v) is 5.68. The summed E-state index contributed by atoms with van der Waals surface area (Å²) in [5.74, 6) is -0.620. The summed E-state index contributed by atoms with van der Waals surface area (Å²) in [5.41, 5.74) is -0.978. The molecule has 1 N–H and O–H groups in total. The Morgan fingerprint density at radius 1 is 1.10 bits per heavy atom. The highest BCUT2D eigenvalue weighted by atomic mass is 35.5. The minimum absolute atomic E-state index is 0.0296. The number of carbonyl (C=O) groups excluding carboxylic acids is 2. The minimum atomic E-state index is -4.77. The van der Waals surface area contributed by atoms with E-state index in [4.69, 9.17) is 16.3 Å². The second-order valence-electron chi connectivity index (χ2n) is 9.82. The summed E-state index contributed by atoms with van der Waals surface area (Å²) < 4.78 is 71.3. The summed E-state index contributed by atoms with van der Waals surface area (Å²) in [6.45, 7) is 0.606. The van der Waals surface area contributed by atoms with Crippen LogP contribution in [-0.4, -0.2) is 57.1 Å². The number of alkyl halides is 3. The van der Waals surface area contributed by atoms with Crippen LogP contribution in [0.5, 0.6) is 5.75 Å². The molecular weight excluding hydrogens is 571 g/mol. The number of nitrogens with zero attached hydrogens (tertiary/aromatic N) is 2. The molecule has 220 valence electrons. The molecule has 0 aliphatic heterocycles. The van der Waals surface area contributed by atoms with Crippen LogP contribution in [0.2, 0.25) is 5.02 Å². The van der Waals surface area contributed by atoms with E-state index in [1.54, 1.807) is 24.3 Å². The van der Waals surface area contributed by atoms with Gasteiger partial charge in [0.2, 0.25) is 21.8 Å². The fourth-order valence-electron chi connectivity index (χ4n) is 4.55. The lowest BCUT2D eigenvalue weighted by molar-refractivity contribution is -0.139. The number of halogens is 4. The van der Waals surface area contributed by atoms with E-state index in [2.05, 4.69) is 5.32 Å². The maximum absolute atomic E-state index is 13.7. The Bertz CT molecular complexity index is 1300. The highest BCUT2D eigenvalue weighted by molar-refractivity contribution is 7.92. The van der Waals surface area contributed by atoms with Crippen molar-refractivity contribution < 1.29 is 35.9 Å². The quantitative estimate of drug-likeness (QED) is 0.412. The Kier molecular flexibility index (Phi) is 10.3. The molecule has 8 nitrogen and oxygen atoms in total. The molecule has 1 atom stereocenters. The molecule has 0 aromatic heterocycles. The molecule has 0 radical (unpaired) electrons. The van der Waals surface area contributed by atoms with Crippen molar-refractivity contribution in [1.82, 2.24) is 10.2 Å². The maximum atomic E-state index is 13.7. The van der Waals surface area contributed by atoms with Crippen LogP contribution in [0, 0.1) is 0 Å². The summed E-state index contributed by atoms with van der Waals surface area (Å²) in [6.07, 6.45) is 0.692. The summed E-state index contributed by atoms with van der Waals surface area (Å²) in [7, 11) is -2.76. The molecule has 13 heteroatoms. The van der Waals surface area contributed by atoms with Crippen molar-refractivity contribution in [2.45, 2.75) is 63.8 Å². The van der Waals surface area contributed by atoms with Crippen LogP contribution in [0.4, 0.5) is 18.9 Å². The third-order valence-electron chi connectivity index (χ3n) is 6.85. The minimum Gasteiger partial charge on any atom is -0.497 e. The Labute approximate surface area is 237 Å². The van der Waals surface area contributed by atoms with E-state index in [0.29, 0.717) is 21.7 Å². The number of amides is 2. The second kappa shape index (κ2) is 13.1. The van der Waals surface area contributed by atoms with E-state index in [0.717, 1.165) is 50.5 Å². The largest absolute Gasteiger partial charge is 0.497 e. The van der Waals surface area contributed by atoms with E-state index in [-0.39, 0.29) is 17.6 Å². The molecule has 0 bridgehead atoms. The number of rotatable bonds is 10. The van der Waals surface area contributed by atoms with Gasteiger partial charge < -0.3 is 15.0 Å². The van der Waals surface area contributed by atoms with E-state index in [9.17, 15) is 31.2 Å². The predicted molar refractivity (Wildman–Crippen MR) is 147 cm³/mol. The summed E-state index contributed by atoms with van der Waals surface area (Å²) in [6, 6.07) is 7.95. The molecule has 0 spiro atoms. The first-order chi connectivity index (χ1) is 18.7. The molecule has 1 aliphatic rings.